The highest BCUT2D eigenvalue weighted by Gasteiger charge is 2.45. The fourth-order valence-electron chi connectivity index (χ4n) is 2.51. The second-order valence-corrected chi connectivity index (χ2v) is 6.54. The molecule has 0 spiro atoms. The molecule has 27 heavy (non-hydrogen) atoms. The molecule has 0 bridgehead atoms. The lowest BCUT2D eigenvalue weighted by Crippen LogP contribution is -2.39. The number of carbonyl (C=O) groups is 5. The van der Waals surface area contributed by atoms with E-state index in [1.807, 2.05) is 0 Å². The number of benzene rings is 1. The first-order chi connectivity index (χ1) is 12.9. The zero-order chi connectivity index (χ0) is 19.6. The third-order valence-electron chi connectivity index (χ3n) is 3.80. The minimum atomic E-state index is -1.08. The van der Waals surface area contributed by atoms with Crippen LogP contribution in [0.1, 0.15) is 15.9 Å². The molecule has 0 atom stereocenters. The Morgan fingerprint density at radius 2 is 1.67 bits per heavy atom. The van der Waals surface area contributed by atoms with E-state index >= 15 is 0 Å². The van der Waals surface area contributed by atoms with Gasteiger partial charge in [-0.05, 0) is 17.0 Å². The van der Waals surface area contributed by atoms with Crippen molar-refractivity contribution in [3.63, 3.8) is 0 Å². The number of hydrogen-bond acceptors (Lipinski definition) is 6. The fourth-order valence-corrected chi connectivity index (χ4v) is 3.31. The Labute approximate surface area is 157 Å². The molecule has 9 nitrogen and oxygen atoms in total. The third-order valence-corrected chi connectivity index (χ3v) is 4.63. The van der Waals surface area contributed by atoms with Crippen molar-refractivity contribution in [2.24, 2.45) is 5.73 Å². The predicted octanol–water partition coefficient (Wildman–Crippen LogP) is 0.776. The lowest BCUT2D eigenvalue weighted by molar-refractivity contribution is -0.143. The minimum absolute atomic E-state index is 0.0703. The molecule has 3 N–H and O–H groups in total. The van der Waals surface area contributed by atoms with Gasteiger partial charge in [-0.2, -0.15) is 0 Å². The van der Waals surface area contributed by atoms with Gasteiger partial charge in [0.05, 0.1) is 12.1 Å². The Bertz CT molecular complexity index is 940. The summed E-state index contributed by atoms with van der Waals surface area (Å²) in [6.07, 6.45) is 0. The van der Waals surface area contributed by atoms with Crippen molar-refractivity contribution in [1.82, 2.24) is 9.80 Å². The van der Waals surface area contributed by atoms with Gasteiger partial charge in [-0.25, -0.2) is 9.69 Å². The zero-order valence-electron chi connectivity index (χ0n) is 13.9. The Balaban J connectivity index is 1.69. The first-order valence-corrected chi connectivity index (χ1v) is 8.65. The largest absolute Gasteiger partial charge is 0.366 e. The van der Waals surface area contributed by atoms with E-state index in [0.29, 0.717) is 10.5 Å². The maximum atomic E-state index is 12.4. The van der Waals surface area contributed by atoms with E-state index in [-0.39, 0.29) is 17.1 Å². The molecule has 0 unspecified atom stereocenters. The van der Waals surface area contributed by atoms with Gasteiger partial charge in [0.2, 0.25) is 5.91 Å². The van der Waals surface area contributed by atoms with E-state index in [9.17, 15) is 24.0 Å². The molecule has 2 aromatic rings. The topological polar surface area (TPSA) is 130 Å². The average molecular weight is 386 g/mol. The molecule has 1 saturated heterocycles. The van der Waals surface area contributed by atoms with Gasteiger partial charge in [0.25, 0.3) is 5.91 Å². The van der Waals surface area contributed by atoms with Gasteiger partial charge in [-0.3, -0.25) is 24.1 Å². The predicted molar refractivity (Wildman–Crippen MR) is 95.6 cm³/mol. The van der Waals surface area contributed by atoms with Crippen LogP contribution in [0, 0.1) is 0 Å². The van der Waals surface area contributed by atoms with Gasteiger partial charge in [0, 0.05) is 0 Å². The monoisotopic (exact) mass is 386 g/mol. The minimum Gasteiger partial charge on any atom is -0.366 e. The van der Waals surface area contributed by atoms with Crippen LogP contribution in [0.15, 0.2) is 41.8 Å². The highest BCUT2D eigenvalue weighted by atomic mass is 32.1. The van der Waals surface area contributed by atoms with E-state index in [4.69, 9.17) is 5.73 Å². The maximum absolute atomic E-state index is 12.4. The van der Waals surface area contributed by atoms with E-state index in [1.165, 1.54) is 6.07 Å². The Morgan fingerprint density at radius 1 is 1.00 bits per heavy atom. The van der Waals surface area contributed by atoms with Crippen LogP contribution in [0.25, 0.3) is 0 Å². The molecular weight excluding hydrogens is 372 g/mol. The number of thiophene rings is 1. The van der Waals surface area contributed by atoms with E-state index < -0.39 is 36.2 Å². The molecule has 6 amide bonds. The van der Waals surface area contributed by atoms with Crippen LogP contribution in [0.5, 0.6) is 0 Å². The van der Waals surface area contributed by atoms with Crippen LogP contribution in [0.4, 0.5) is 9.80 Å². The fraction of sp³-hybridized carbons (Fsp3) is 0.118. The molecule has 1 fully saturated rings. The van der Waals surface area contributed by atoms with Gasteiger partial charge in [-0.1, -0.05) is 30.3 Å². The molecule has 1 aliphatic rings. The summed E-state index contributed by atoms with van der Waals surface area (Å²) >= 11 is 1.07. The van der Waals surface area contributed by atoms with E-state index in [0.717, 1.165) is 16.2 Å². The molecule has 0 aliphatic carbocycles. The highest BCUT2D eigenvalue weighted by Crippen LogP contribution is 2.23. The highest BCUT2D eigenvalue weighted by molar-refractivity contribution is 7.14. The molecule has 1 aromatic carbocycles. The van der Waals surface area contributed by atoms with Crippen LogP contribution in [0.3, 0.4) is 0 Å². The Hall–Kier alpha value is -3.53. The summed E-state index contributed by atoms with van der Waals surface area (Å²) in [6.45, 7) is -0.718. The first kappa shape index (κ1) is 18.3. The van der Waals surface area contributed by atoms with Crippen molar-refractivity contribution in [2.45, 2.75) is 6.54 Å². The maximum Gasteiger partial charge on any atom is 0.335 e. The summed E-state index contributed by atoms with van der Waals surface area (Å²) < 4.78 is 0. The van der Waals surface area contributed by atoms with Crippen molar-refractivity contribution >= 4 is 46.0 Å². The molecule has 1 aromatic heterocycles. The van der Waals surface area contributed by atoms with Crippen LogP contribution in [-0.2, 0) is 20.9 Å². The standard InChI is InChI=1S/C17H14N4O5S/c18-13(23)11-6-7-27-14(11)19-12(22)9-21-16(25)15(24)20(17(21)26)8-10-4-2-1-3-5-10/h1-7H,8-9H2,(H2,18,23)(H,19,22). The molecule has 138 valence electrons. The van der Waals surface area contributed by atoms with E-state index in [1.54, 1.807) is 35.7 Å². The van der Waals surface area contributed by atoms with Gasteiger partial charge < -0.3 is 11.1 Å². The average Bonchev–Trinajstić information content (AvgIpc) is 3.18. The normalized spacial score (nSPS) is 14.0. The van der Waals surface area contributed by atoms with Crippen molar-refractivity contribution in [3.05, 3.63) is 52.9 Å². The van der Waals surface area contributed by atoms with Gasteiger partial charge in [-0.15, -0.1) is 11.3 Å². The van der Waals surface area contributed by atoms with Crippen LogP contribution < -0.4 is 11.1 Å². The number of anilines is 1. The first-order valence-electron chi connectivity index (χ1n) is 7.77. The van der Waals surface area contributed by atoms with Crippen molar-refractivity contribution in [3.8, 4) is 0 Å². The molecule has 1 aliphatic heterocycles. The molecule has 3 rings (SSSR count). The van der Waals surface area contributed by atoms with Gasteiger partial charge >= 0.3 is 17.8 Å². The Morgan fingerprint density at radius 3 is 2.33 bits per heavy atom. The summed E-state index contributed by atoms with van der Waals surface area (Å²) in [4.78, 5) is 61.4. The summed E-state index contributed by atoms with van der Waals surface area (Å²) in [5.74, 6) is -3.52. The van der Waals surface area contributed by atoms with Crippen LogP contribution in [0.2, 0.25) is 0 Å². The Kier molecular flexibility index (Phi) is 4.99. The second-order valence-electron chi connectivity index (χ2n) is 5.63. The van der Waals surface area contributed by atoms with E-state index in [2.05, 4.69) is 5.32 Å². The molecule has 2 heterocycles. The summed E-state index contributed by atoms with van der Waals surface area (Å²) in [5.41, 5.74) is 5.99. The van der Waals surface area contributed by atoms with Crippen LogP contribution >= 0.6 is 11.3 Å². The molecule has 0 radical (unpaired) electrons. The number of rotatable bonds is 6. The number of hydrogen-bond donors (Lipinski definition) is 2. The van der Waals surface area contributed by atoms with Gasteiger partial charge in [0.1, 0.15) is 11.5 Å². The van der Waals surface area contributed by atoms with Crippen molar-refractivity contribution in [1.29, 1.82) is 0 Å². The number of carbonyl (C=O) groups excluding carboxylic acids is 5. The molecule has 0 saturated carbocycles. The third kappa shape index (κ3) is 3.70. The van der Waals surface area contributed by atoms with Gasteiger partial charge in [0.15, 0.2) is 0 Å². The number of urea groups is 1. The quantitative estimate of drug-likeness (QED) is 0.560. The lowest BCUT2D eigenvalue weighted by atomic mass is 10.2. The van der Waals surface area contributed by atoms with Crippen molar-refractivity contribution < 1.29 is 24.0 Å². The number of primary amides is 1. The zero-order valence-corrected chi connectivity index (χ0v) is 14.7. The second kappa shape index (κ2) is 7.38. The summed E-state index contributed by atoms with van der Waals surface area (Å²) in [5, 5.41) is 4.19. The lowest BCUT2D eigenvalue weighted by Gasteiger charge is -2.15. The summed E-state index contributed by atoms with van der Waals surface area (Å²) in [6, 6.07) is 9.26. The number of nitrogens with zero attached hydrogens (tertiary/aromatic N) is 2. The number of nitrogens with one attached hydrogen (secondary N) is 1. The number of imide groups is 2. The smallest absolute Gasteiger partial charge is 0.335 e. The van der Waals surface area contributed by atoms with Crippen molar-refractivity contribution in [2.75, 3.05) is 11.9 Å². The SMILES string of the molecule is NC(=O)c1ccsc1NC(=O)CN1C(=O)C(=O)N(Cc2ccccc2)C1=O. The molecular formula is C17H14N4O5S. The number of amides is 6. The number of nitrogens with two attached hydrogens (primary N) is 1. The van der Waals surface area contributed by atoms with Crippen LogP contribution in [-0.4, -0.2) is 46.0 Å². The molecule has 10 heteroatoms. The summed E-state index contributed by atoms with van der Waals surface area (Å²) in [7, 11) is 0.